The van der Waals surface area contributed by atoms with Crippen molar-refractivity contribution in [2.45, 2.75) is 57.6 Å². The van der Waals surface area contributed by atoms with Crippen molar-refractivity contribution in [3.05, 3.63) is 0 Å². The van der Waals surface area contributed by atoms with Crippen molar-refractivity contribution in [2.24, 2.45) is 5.92 Å². The molecule has 5 heteroatoms. The lowest BCUT2D eigenvalue weighted by atomic mass is 9.80. The fourth-order valence-electron chi connectivity index (χ4n) is 2.05. The third kappa shape index (κ3) is 3.37. The van der Waals surface area contributed by atoms with E-state index >= 15 is 0 Å². The van der Waals surface area contributed by atoms with Gasteiger partial charge in [-0.15, -0.1) is 0 Å². The summed E-state index contributed by atoms with van der Waals surface area (Å²) in [6.07, 6.45) is 0.0427. The van der Waals surface area contributed by atoms with Crippen LogP contribution in [0.15, 0.2) is 0 Å². The van der Waals surface area contributed by atoms with Gasteiger partial charge in [0.15, 0.2) is 0 Å². The van der Waals surface area contributed by atoms with Crippen LogP contribution < -0.4 is 5.32 Å². The van der Waals surface area contributed by atoms with Crippen molar-refractivity contribution in [1.82, 2.24) is 5.32 Å². The number of ether oxygens (including phenoxy) is 1. The largest absolute Gasteiger partial charge is 0.377 e. The normalized spacial score (nSPS) is 21.8. The number of halogens is 2. The number of alkyl halides is 2. The monoisotopic (exact) mass is 251 g/mol. The van der Waals surface area contributed by atoms with E-state index in [2.05, 4.69) is 5.32 Å². The molecule has 0 radical (unpaired) electrons. The van der Waals surface area contributed by atoms with Crippen LogP contribution in [-0.4, -0.2) is 30.6 Å². The van der Waals surface area contributed by atoms with Crippen LogP contribution in [0.4, 0.5) is 8.78 Å². The summed E-state index contributed by atoms with van der Waals surface area (Å²) >= 11 is 0. The minimum Gasteiger partial charge on any atom is -0.377 e. The lowest BCUT2D eigenvalue weighted by Crippen LogP contribution is -2.54. The van der Waals surface area contributed by atoms with Crippen molar-refractivity contribution in [2.75, 3.05) is 7.11 Å². The Balaban J connectivity index is 0.00000289. The van der Waals surface area contributed by atoms with Gasteiger partial charge in [-0.1, -0.05) is 6.92 Å². The van der Waals surface area contributed by atoms with Crippen LogP contribution in [0.3, 0.4) is 0 Å². The van der Waals surface area contributed by atoms with Gasteiger partial charge in [-0.3, -0.25) is 4.79 Å². The summed E-state index contributed by atoms with van der Waals surface area (Å²) in [6, 6.07) is -0.158. The molecule has 0 unspecified atom stereocenters. The SMILES string of the molecule is CC[C@@H](NC(=O)C1CC(F)(F)C1)C(C)(C)OC.[HH]. The highest BCUT2D eigenvalue weighted by Gasteiger charge is 2.49. The van der Waals surface area contributed by atoms with E-state index in [0.29, 0.717) is 6.42 Å². The van der Waals surface area contributed by atoms with Crippen LogP contribution in [0.1, 0.15) is 41.5 Å². The van der Waals surface area contributed by atoms with Crippen LogP contribution in [-0.2, 0) is 9.53 Å². The molecule has 1 N–H and O–H groups in total. The molecule has 0 aromatic rings. The number of methoxy groups -OCH3 is 1. The molecule has 1 fully saturated rings. The topological polar surface area (TPSA) is 38.3 Å². The Hall–Kier alpha value is -0.710. The minimum atomic E-state index is -2.65. The molecule has 0 spiro atoms. The second kappa shape index (κ2) is 4.88. The molecular formula is C12H23F2NO2. The predicted octanol–water partition coefficient (Wildman–Crippen LogP) is 2.60. The number of amides is 1. The summed E-state index contributed by atoms with van der Waals surface area (Å²) in [7, 11) is 1.58. The van der Waals surface area contributed by atoms with Gasteiger partial charge in [0.2, 0.25) is 11.8 Å². The van der Waals surface area contributed by atoms with Gasteiger partial charge in [0, 0.05) is 27.3 Å². The van der Waals surface area contributed by atoms with Gasteiger partial charge in [-0.25, -0.2) is 8.78 Å². The minimum absolute atomic E-state index is 0. The van der Waals surface area contributed by atoms with Crippen molar-refractivity contribution in [1.29, 1.82) is 0 Å². The third-order valence-electron chi connectivity index (χ3n) is 3.55. The molecule has 1 aliphatic rings. The number of rotatable bonds is 5. The summed E-state index contributed by atoms with van der Waals surface area (Å²) in [6.45, 7) is 5.68. The molecule has 3 nitrogen and oxygen atoms in total. The lowest BCUT2D eigenvalue weighted by molar-refractivity contribution is -0.152. The lowest BCUT2D eigenvalue weighted by Gasteiger charge is -2.38. The van der Waals surface area contributed by atoms with Crippen molar-refractivity contribution >= 4 is 5.91 Å². The van der Waals surface area contributed by atoms with Crippen molar-refractivity contribution < 1.29 is 19.7 Å². The van der Waals surface area contributed by atoms with Gasteiger partial charge in [-0.05, 0) is 20.3 Å². The molecule has 0 aliphatic heterocycles. The van der Waals surface area contributed by atoms with Gasteiger partial charge in [0.1, 0.15) is 0 Å². The maximum absolute atomic E-state index is 12.7. The third-order valence-corrected chi connectivity index (χ3v) is 3.55. The summed E-state index contributed by atoms with van der Waals surface area (Å²) in [4.78, 5) is 11.7. The number of hydrogen-bond acceptors (Lipinski definition) is 2. The van der Waals surface area contributed by atoms with E-state index in [4.69, 9.17) is 4.74 Å². The first kappa shape index (κ1) is 14.4. The van der Waals surface area contributed by atoms with Crippen LogP contribution in [0.5, 0.6) is 0 Å². The molecule has 102 valence electrons. The van der Waals surface area contributed by atoms with Gasteiger partial charge in [-0.2, -0.15) is 0 Å². The Morgan fingerprint density at radius 1 is 1.59 bits per heavy atom. The zero-order valence-corrected chi connectivity index (χ0v) is 10.8. The summed E-state index contributed by atoms with van der Waals surface area (Å²) in [5.41, 5.74) is -0.489. The van der Waals surface area contributed by atoms with E-state index in [-0.39, 0.29) is 26.2 Å². The quantitative estimate of drug-likeness (QED) is 0.815. The molecule has 0 bridgehead atoms. The first-order valence-corrected chi connectivity index (χ1v) is 5.95. The molecule has 0 saturated heterocycles. The molecule has 17 heavy (non-hydrogen) atoms. The second-order valence-electron chi connectivity index (χ2n) is 5.24. The molecule has 1 saturated carbocycles. The van der Waals surface area contributed by atoms with Gasteiger partial charge < -0.3 is 10.1 Å². The smallest absolute Gasteiger partial charge is 0.249 e. The average molecular weight is 251 g/mol. The second-order valence-corrected chi connectivity index (χ2v) is 5.24. The summed E-state index contributed by atoms with van der Waals surface area (Å²) < 4.78 is 30.6. The van der Waals surface area contributed by atoms with E-state index in [9.17, 15) is 13.6 Å². The molecule has 0 aromatic heterocycles. The molecule has 1 amide bonds. The van der Waals surface area contributed by atoms with E-state index in [1.807, 2.05) is 20.8 Å². The molecule has 1 rings (SSSR count). The maximum atomic E-state index is 12.7. The highest BCUT2D eigenvalue weighted by Crippen LogP contribution is 2.42. The number of hydrogen-bond donors (Lipinski definition) is 1. The number of nitrogens with one attached hydrogen (secondary N) is 1. The fraction of sp³-hybridized carbons (Fsp3) is 0.917. The van der Waals surface area contributed by atoms with Crippen LogP contribution in [0, 0.1) is 5.92 Å². The maximum Gasteiger partial charge on any atom is 0.249 e. The Labute approximate surface area is 102 Å². The van der Waals surface area contributed by atoms with Gasteiger partial charge in [0.25, 0.3) is 0 Å². The average Bonchev–Trinajstić information content (AvgIpc) is 2.21. The molecule has 1 atom stereocenters. The standard InChI is InChI=1S/C12H21F2NO2.H2/c1-5-9(11(2,3)17-4)15-10(16)8-6-12(13,14)7-8;/h8-9H,5-7H2,1-4H3,(H,15,16);1H/t9-;/m1./s1. The van der Waals surface area contributed by atoms with E-state index in [1.165, 1.54) is 0 Å². The van der Waals surface area contributed by atoms with E-state index in [0.717, 1.165) is 0 Å². The van der Waals surface area contributed by atoms with E-state index in [1.54, 1.807) is 7.11 Å². The number of carbonyl (C=O) groups is 1. The first-order valence-electron chi connectivity index (χ1n) is 5.95. The molecule has 1 aliphatic carbocycles. The van der Waals surface area contributed by atoms with Crippen LogP contribution in [0.2, 0.25) is 0 Å². The summed E-state index contributed by atoms with van der Waals surface area (Å²) in [5, 5.41) is 2.80. The molecule has 0 aromatic carbocycles. The zero-order chi connectivity index (χ0) is 13.3. The van der Waals surface area contributed by atoms with E-state index < -0.39 is 17.4 Å². The molecule has 0 heterocycles. The highest BCUT2D eigenvalue weighted by molar-refractivity contribution is 5.80. The van der Waals surface area contributed by atoms with Crippen molar-refractivity contribution in [3.63, 3.8) is 0 Å². The Morgan fingerprint density at radius 3 is 2.47 bits per heavy atom. The molecular weight excluding hydrogens is 228 g/mol. The van der Waals surface area contributed by atoms with Crippen LogP contribution >= 0.6 is 0 Å². The Bertz CT molecular complexity index is 290. The zero-order valence-electron chi connectivity index (χ0n) is 10.8. The van der Waals surface area contributed by atoms with Crippen LogP contribution in [0.25, 0.3) is 0 Å². The summed E-state index contributed by atoms with van der Waals surface area (Å²) in [5.74, 6) is -3.49. The predicted molar refractivity (Wildman–Crippen MR) is 63.1 cm³/mol. The highest BCUT2D eigenvalue weighted by atomic mass is 19.3. The van der Waals surface area contributed by atoms with Crippen molar-refractivity contribution in [3.8, 4) is 0 Å². The Kier molecular flexibility index (Phi) is 4.12. The Morgan fingerprint density at radius 2 is 2.12 bits per heavy atom. The fourth-order valence-corrected chi connectivity index (χ4v) is 2.05. The first-order chi connectivity index (χ1) is 7.72. The van der Waals surface area contributed by atoms with Gasteiger partial charge >= 0.3 is 0 Å². The number of carbonyl (C=O) groups excluding carboxylic acids is 1. The van der Waals surface area contributed by atoms with Gasteiger partial charge in [0.05, 0.1) is 11.6 Å².